The first-order valence-corrected chi connectivity index (χ1v) is 9.60. The summed E-state index contributed by atoms with van der Waals surface area (Å²) < 4.78 is 11.2. The Morgan fingerprint density at radius 1 is 1.21 bits per heavy atom. The van der Waals surface area contributed by atoms with Gasteiger partial charge in [0.25, 0.3) is 5.91 Å². The van der Waals surface area contributed by atoms with E-state index in [0.29, 0.717) is 31.4 Å². The maximum Gasteiger partial charge on any atom is 0.250 e. The molecule has 1 fully saturated rings. The summed E-state index contributed by atoms with van der Waals surface area (Å²) in [4.78, 5) is 21.8. The maximum atomic E-state index is 13.3. The second-order valence-electron chi connectivity index (χ2n) is 7.02. The maximum absolute atomic E-state index is 13.3. The number of carbonyl (C=O) groups is 1. The fourth-order valence-electron chi connectivity index (χ4n) is 4.05. The highest BCUT2D eigenvalue weighted by Crippen LogP contribution is 2.36. The average molecular weight is 391 g/mol. The number of ether oxygens (including phenoxy) is 2. The van der Waals surface area contributed by atoms with Crippen LogP contribution in [-0.4, -0.2) is 53.9 Å². The Kier molecular flexibility index (Phi) is 4.31. The molecule has 1 unspecified atom stereocenters. The van der Waals surface area contributed by atoms with Crippen molar-refractivity contribution < 1.29 is 14.3 Å². The number of hydrogen-bond acceptors (Lipinski definition) is 6. The topological polar surface area (TPSA) is 83.6 Å². The number of H-pyrrole nitrogens is 1. The molecular formula is C21H21N5O3. The molecule has 29 heavy (non-hydrogen) atoms. The third-order valence-corrected chi connectivity index (χ3v) is 5.44. The number of pyridine rings is 1. The van der Waals surface area contributed by atoms with Gasteiger partial charge in [-0.05, 0) is 30.7 Å². The second kappa shape index (κ2) is 7.12. The minimum Gasteiger partial charge on any atom is -0.490 e. The minimum absolute atomic E-state index is 0.0484. The number of anilines is 2. The largest absolute Gasteiger partial charge is 0.490 e. The first-order valence-electron chi connectivity index (χ1n) is 9.60. The molecule has 1 atom stereocenters. The number of hydrogen-bond donors (Lipinski definition) is 1. The molecule has 148 valence electrons. The van der Waals surface area contributed by atoms with E-state index in [0.717, 1.165) is 29.0 Å². The van der Waals surface area contributed by atoms with Crippen molar-refractivity contribution >= 4 is 17.4 Å². The number of aromatic nitrogens is 3. The van der Waals surface area contributed by atoms with E-state index in [4.69, 9.17) is 9.47 Å². The van der Waals surface area contributed by atoms with Crippen LogP contribution in [0, 0.1) is 0 Å². The molecule has 2 aliphatic rings. The Balaban J connectivity index is 1.42. The van der Waals surface area contributed by atoms with Gasteiger partial charge in [0, 0.05) is 23.9 Å². The SMILES string of the molecule is COc1nc(N2CCC(N3CCOc4ccccc43)C2=O)ccc1-c1cn[nH]c1. The summed E-state index contributed by atoms with van der Waals surface area (Å²) in [7, 11) is 1.58. The summed E-state index contributed by atoms with van der Waals surface area (Å²) in [6.07, 6.45) is 4.23. The number of amides is 1. The molecule has 0 saturated carbocycles. The smallest absolute Gasteiger partial charge is 0.250 e. The molecule has 8 heteroatoms. The van der Waals surface area contributed by atoms with Crippen LogP contribution in [0.15, 0.2) is 48.8 Å². The minimum atomic E-state index is -0.221. The quantitative estimate of drug-likeness (QED) is 0.736. The molecule has 4 heterocycles. The number of aromatic amines is 1. The van der Waals surface area contributed by atoms with Crippen molar-refractivity contribution in [3.8, 4) is 22.8 Å². The van der Waals surface area contributed by atoms with Crippen LogP contribution in [0.5, 0.6) is 11.6 Å². The molecule has 0 radical (unpaired) electrons. The third kappa shape index (κ3) is 2.97. The van der Waals surface area contributed by atoms with Crippen LogP contribution in [-0.2, 0) is 4.79 Å². The summed E-state index contributed by atoms with van der Waals surface area (Å²) in [5.41, 5.74) is 2.69. The van der Waals surface area contributed by atoms with Crippen molar-refractivity contribution in [3.05, 3.63) is 48.8 Å². The molecule has 8 nitrogen and oxygen atoms in total. The number of methoxy groups -OCH3 is 1. The van der Waals surface area contributed by atoms with E-state index in [1.54, 1.807) is 24.4 Å². The molecular weight excluding hydrogens is 370 g/mol. The number of benzene rings is 1. The molecule has 3 aromatic rings. The number of nitrogens with zero attached hydrogens (tertiary/aromatic N) is 4. The van der Waals surface area contributed by atoms with Gasteiger partial charge < -0.3 is 14.4 Å². The molecule has 0 spiro atoms. The molecule has 2 aliphatic heterocycles. The molecule has 0 aliphatic carbocycles. The van der Waals surface area contributed by atoms with E-state index in [1.807, 2.05) is 36.4 Å². The molecule has 1 aromatic carbocycles. The predicted molar refractivity (Wildman–Crippen MR) is 108 cm³/mol. The zero-order valence-corrected chi connectivity index (χ0v) is 16.0. The highest BCUT2D eigenvalue weighted by molar-refractivity contribution is 6.01. The van der Waals surface area contributed by atoms with Gasteiger partial charge in [0.05, 0.1) is 25.5 Å². The summed E-state index contributed by atoms with van der Waals surface area (Å²) >= 11 is 0. The Labute approximate surface area is 168 Å². The normalized spacial score (nSPS) is 18.5. The Morgan fingerprint density at radius 2 is 2.10 bits per heavy atom. The van der Waals surface area contributed by atoms with Crippen LogP contribution in [0.25, 0.3) is 11.1 Å². The lowest BCUT2D eigenvalue weighted by Crippen LogP contribution is -2.46. The van der Waals surface area contributed by atoms with Crippen LogP contribution in [0.1, 0.15) is 6.42 Å². The van der Waals surface area contributed by atoms with Gasteiger partial charge in [0.15, 0.2) is 0 Å². The van der Waals surface area contributed by atoms with Crippen molar-refractivity contribution in [1.29, 1.82) is 0 Å². The van der Waals surface area contributed by atoms with Crippen LogP contribution in [0.2, 0.25) is 0 Å². The summed E-state index contributed by atoms with van der Waals surface area (Å²) in [5.74, 6) is 1.95. The number of fused-ring (bicyclic) bond motifs is 1. The molecule has 5 rings (SSSR count). The van der Waals surface area contributed by atoms with Crippen molar-refractivity contribution in [2.75, 3.05) is 36.6 Å². The monoisotopic (exact) mass is 391 g/mol. The lowest BCUT2D eigenvalue weighted by molar-refractivity contribution is -0.118. The van der Waals surface area contributed by atoms with Crippen molar-refractivity contribution in [2.45, 2.75) is 12.5 Å². The second-order valence-corrected chi connectivity index (χ2v) is 7.02. The Morgan fingerprint density at radius 3 is 2.93 bits per heavy atom. The van der Waals surface area contributed by atoms with Gasteiger partial charge in [0.1, 0.15) is 24.2 Å². The molecule has 1 amide bonds. The Hall–Kier alpha value is -3.55. The van der Waals surface area contributed by atoms with Crippen LogP contribution in [0.3, 0.4) is 0 Å². The van der Waals surface area contributed by atoms with E-state index in [9.17, 15) is 4.79 Å². The van der Waals surface area contributed by atoms with Crippen molar-refractivity contribution in [3.63, 3.8) is 0 Å². The zero-order valence-electron chi connectivity index (χ0n) is 16.0. The third-order valence-electron chi connectivity index (χ3n) is 5.44. The fourth-order valence-corrected chi connectivity index (χ4v) is 4.05. The van der Waals surface area contributed by atoms with Gasteiger partial charge >= 0.3 is 0 Å². The van der Waals surface area contributed by atoms with E-state index in [-0.39, 0.29) is 11.9 Å². The van der Waals surface area contributed by atoms with Gasteiger partial charge in [0.2, 0.25) is 5.88 Å². The molecule has 2 aromatic heterocycles. The highest BCUT2D eigenvalue weighted by Gasteiger charge is 2.39. The van der Waals surface area contributed by atoms with Crippen LogP contribution >= 0.6 is 0 Å². The van der Waals surface area contributed by atoms with E-state index in [1.165, 1.54) is 0 Å². The van der Waals surface area contributed by atoms with Gasteiger partial charge in [-0.1, -0.05) is 12.1 Å². The summed E-state index contributed by atoms with van der Waals surface area (Å²) in [5, 5.41) is 6.77. The lowest BCUT2D eigenvalue weighted by atomic mass is 10.1. The van der Waals surface area contributed by atoms with E-state index in [2.05, 4.69) is 20.1 Å². The molecule has 1 N–H and O–H groups in total. The predicted octanol–water partition coefficient (Wildman–Crippen LogP) is 2.48. The lowest BCUT2D eigenvalue weighted by Gasteiger charge is -2.34. The van der Waals surface area contributed by atoms with Crippen molar-refractivity contribution in [1.82, 2.24) is 15.2 Å². The van der Waals surface area contributed by atoms with Gasteiger partial charge in [-0.25, -0.2) is 0 Å². The number of para-hydroxylation sites is 2. The first kappa shape index (κ1) is 17.5. The zero-order chi connectivity index (χ0) is 19.8. The fraction of sp³-hybridized carbons (Fsp3) is 0.286. The van der Waals surface area contributed by atoms with E-state index < -0.39 is 0 Å². The van der Waals surface area contributed by atoms with Crippen molar-refractivity contribution in [2.24, 2.45) is 0 Å². The highest BCUT2D eigenvalue weighted by atomic mass is 16.5. The summed E-state index contributed by atoms with van der Waals surface area (Å²) in [6.45, 7) is 1.88. The van der Waals surface area contributed by atoms with Crippen LogP contribution in [0.4, 0.5) is 11.5 Å². The van der Waals surface area contributed by atoms with Crippen LogP contribution < -0.4 is 19.3 Å². The Bertz CT molecular complexity index is 1040. The standard InChI is InChI=1S/C21H21N5O3/c1-28-20-15(14-12-22-23-13-14)6-7-19(24-20)26-9-8-17(21(26)27)25-10-11-29-18-5-3-2-4-16(18)25/h2-7,12-13,17H,8-11H2,1H3,(H,22,23). The average Bonchev–Trinajstić information content (AvgIpc) is 3.43. The van der Waals surface area contributed by atoms with Gasteiger partial charge in [-0.2, -0.15) is 10.1 Å². The number of carbonyl (C=O) groups excluding carboxylic acids is 1. The summed E-state index contributed by atoms with van der Waals surface area (Å²) in [6, 6.07) is 11.4. The van der Waals surface area contributed by atoms with Gasteiger partial charge in [-0.3, -0.25) is 14.8 Å². The number of rotatable bonds is 4. The number of nitrogens with one attached hydrogen (secondary N) is 1. The molecule has 1 saturated heterocycles. The first-order chi connectivity index (χ1) is 14.3. The van der Waals surface area contributed by atoms with Gasteiger partial charge in [-0.15, -0.1) is 0 Å². The van der Waals surface area contributed by atoms with E-state index >= 15 is 0 Å². The molecule has 0 bridgehead atoms.